The third-order valence-electron chi connectivity index (χ3n) is 8.73. The van der Waals surface area contributed by atoms with Gasteiger partial charge in [-0.15, -0.1) is 11.3 Å². The van der Waals surface area contributed by atoms with Crippen LogP contribution < -0.4 is 5.32 Å². The summed E-state index contributed by atoms with van der Waals surface area (Å²) in [5.74, 6) is -4.33. The Hall–Kier alpha value is -5.00. The second-order valence-corrected chi connectivity index (χ2v) is 12.3. The van der Waals surface area contributed by atoms with Crippen LogP contribution in [0.1, 0.15) is 38.9 Å². The Balaban J connectivity index is 1.35. The fourth-order valence-corrected chi connectivity index (χ4v) is 7.18. The molecule has 0 aliphatic carbocycles. The number of amides is 2. The van der Waals surface area contributed by atoms with Crippen molar-refractivity contribution in [3.63, 3.8) is 0 Å². The van der Waals surface area contributed by atoms with E-state index in [1.165, 1.54) is 40.5 Å². The smallest absolute Gasteiger partial charge is 0.325 e. The molecule has 2 fully saturated rings. The molecule has 0 radical (unpaired) electrons. The molecule has 3 aromatic carbocycles. The molecule has 11 heteroatoms. The Bertz CT molecular complexity index is 1790. The van der Waals surface area contributed by atoms with Crippen LogP contribution >= 0.6 is 11.3 Å². The number of aliphatic carboxylic acids is 1. The number of benzene rings is 3. The summed E-state index contributed by atoms with van der Waals surface area (Å²) in [4.78, 5) is 58.3. The van der Waals surface area contributed by atoms with E-state index < -0.39 is 46.1 Å². The van der Waals surface area contributed by atoms with Crippen LogP contribution in [0.25, 0.3) is 12.2 Å². The number of nitrogens with zero attached hydrogens (tertiary/aromatic N) is 3. The summed E-state index contributed by atoms with van der Waals surface area (Å²) >= 11 is 1.45. The number of aromatic nitrogens is 1. The summed E-state index contributed by atoms with van der Waals surface area (Å²) in [5, 5.41) is 25.2. The number of imide groups is 1. The lowest BCUT2D eigenvalue weighted by Crippen LogP contribution is -2.57. The summed E-state index contributed by atoms with van der Waals surface area (Å²) < 4.78 is 0. The summed E-state index contributed by atoms with van der Waals surface area (Å²) in [6.07, 6.45) is 4.24. The van der Waals surface area contributed by atoms with Crippen LogP contribution in [0.4, 0.5) is 5.69 Å². The highest BCUT2D eigenvalue weighted by Crippen LogP contribution is 2.50. The minimum atomic E-state index is -1.82. The minimum absolute atomic E-state index is 0.122. The van der Waals surface area contributed by atoms with Gasteiger partial charge < -0.3 is 5.11 Å². The molecule has 0 spiro atoms. The van der Waals surface area contributed by atoms with Gasteiger partial charge in [-0.1, -0.05) is 78.9 Å². The Labute approximate surface area is 263 Å². The second kappa shape index (κ2) is 12.2. The molecule has 2 amide bonds. The molecule has 1 aromatic heterocycles. The van der Waals surface area contributed by atoms with Gasteiger partial charge in [0.15, 0.2) is 0 Å². The Kier molecular flexibility index (Phi) is 8.13. The van der Waals surface area contributed by atoms with Crippen molar-refractivity contribution in [3.05, 3.63) is 127 Å². The van der Waals surface area contributed by atoms with Crippen molar-refractivity contribution in [2.75, 3.05) is 6.54 Å². The van der Waals surface area contributed by atoms with Gasteiger partial charge in [-0.2, -0.15) is 0 Å². The molecular formula is C34H30N4O6S. The lowest BCUT2D eigenvalue weighted by atomic mass is 9.76. The van der Waals surface area contributed by atoms with Crippen molar-refractivity contribution in [3.8, 4) is 0 Å². The van der Waals surface area contributed by atoms with Crippen molar-refractivity contribution in [1.82, 2.24) is 15.2 Å². The highest BCUT2D eigenvalue weighted by atomic mass is 32.1. The predicted molar refractivity (Wildman–Crippen MR) is 169 cm³/mol. The molecule has 2 saturated heterocycles. The van der Waals surface area contributed by atoms with Crippen LogP contribution in [0.5, 0.6) is 0 Å². The first-order chi connectivity index (χ1) is 21.7. The summed E-state index contributed by atoms with van der Waals surface area (Å²) in [5.41, 5.74) is 3.75. The first-order valence-corrected chi connectivity index (χ1v) is 15.4. The number of nitrogens with one attached hydrogen (secondary N) is 1. The van der Waals surface area contributed by atoms with E-state index in [1.807, 2.05) is 73.7 Å². The molecule has 4 atom stereocenters. The van der Waals surface area contributed by atoms with E-state index in [-0.39, 0.29) is 18.7 Å². The number of thiazole rings is 1. The largest absolute Gasteiger partial charge is 0.480 e. The fourth-order valence-electron chi connectivity index (χ4n) is 6.41. The van der Waals surface area contributed by atoms with Crippen molar-refractivity contribution in [2.45, 2.75) is 31.3 Å². The van der Waals surface area contributed by atoms with Gasteiger partial charge in [0.25, 0.3) is 5.69 Å². The quantitative estimate of drug-likeness (QED) is 0.108. The number of non-ortho nitro benzene ring substituents is 1. The van der Waals surface area contributed by atoms with Crippen LogP contribution in [-0.2, 0) is 27.2 Å². The van der Waals surface area contributed by atoms with E-state index in [0.717, 1.165) is 21.7 Å². The number of hydrogen-bond donors (Lipinski definition) is 2. The fraction of sp³-hybridized carbons (Fsp3) is 0.235. The van der Waals surface area contributed by atoms with Gasteiger partial charge in [-0.05, 0) is 29.2 Å². The van der Waals surface area contributed by atoms with Gasteiger partial charge >= 0.3 is 5.97 Å². The molecular weight excluding hydrogens is 592 g/mol. The monoisotopic (exact) mass is 622 g/mol. The number of carbonyl (C=O) groups is 3. The van der Waals surface area contributed by atoms with E-state index >= 15 is 0 Å². The van der Waals surface area contributed by atoms with Crippen LogP contribution in [0.15, 0.2) is 84.4 Å². The SMILES string of the molecule is Cc1ncsc1CCN1C(=O)C2C(c3ccc(C=Cc4ccccc4)cc3)NC(Cc3ccc([N+](=O)[O-])cc3)(C(=O)O)C2C1=O. The molecule has 0 saturated carbocycles. The first kappa shape index (κ1) is 30.0. The van der Waals surface area contributed by atoms with Crippen LogP contribution in [-0.4, -0.2) is 49.8 Å². The number of nitro groups is 1. The zero-order valence-electron chi connectivity index (χ0n) is 24.3. The van der Waals surface area contributed by atoms with Crippen molar-refractivity contribution < 1.29 is 24.4 Å². The predicted octanol–water partition coefficient (Wildman–Crippen LogP) is 5.08. The molecule has 228 valence electrons. The molecule has 6 rings (SSSR count). The maximum Gasteiger partial charge on any atom is 0.325 e. The Morgan fingerprint density at radius 1 is 1.02 bits per heavy atom. The molecule has 0 bridgehead atoms. The first-order valence-electron chi connectivity index (χ1n) is 14.5. The Morgan fingerprint density at radius 2 is 1.69 bits per heavy atom. The van der Waals surface area contributed by atoms with Gasteiger partial charge in [-0.25, -0.2) is 4.98 Å². The van der Waals surface area contributed by atoms with Gasteiger partial charge in [0.1, 0.15) is 5.54 Å². The summed E-state index contributed by atoms with van der Waals surface area (Å²) in [6, 6.07) is 22.2. The third-order valence-corrected chi connectivity index (χ3v) is 9.72. The van der Waals surface area contributed by atoms with Crippen LogP contribution in [0.3, 0.4) is 0 Å². The molecule has 4 aromatic rings. The molecule has 3 heterocycles. The van der Waals surface area contributed by atoms with E-state index in [4.69, 9.17) is 0 Å². The second-order valence-electron chi connectivity index (χ2n) is 11.4. The number of likely N-dealkylation sites (tertiary alicyclic amines) is 1. The van der Waals surface area contributed by atoms with E-state index in [2.05, 4.69) is 10.3 Å². The molecule has 45 heavy (non-hydrogen) atoms. The zero-order valence-corrected chi connectivity index (χ0v) is 25.1. The normalized spacial score (nSPS) is 22.7. The van der Waals surface area contributed by atoms with E-state index in [0.29, 0.717) is 17.5 Å². The number of rotatable bonds is 10. The average Bonchev–Trinajstić information content (AvgIpc) is 3.69. The molecule has 4 unspecified atom stereocenters. The van der Waals surface area contributed by atoms with Gasteiger partial charge in [-0.3, -0.25) is 34.7 Å². The molecule has 2 aliphatic heterocycles. The number of carbonyl (C=O) groups excluding carboxylic acids is 2. The highest BCUT2D eigenvalue weighted by molar-refractivity contribution is 7.09. The number of carboxylic acid groups (broad SMARTS) is 1. The van der Waals surface area contributed by atoms with Crippen molar-refractivity contribution in [2.24, 2.45) is 11.8 Å². The Morgan fingerprint density at radius 3 is 2.29 bits per heavy atom. The number of aryl methyl sites for hydroxylation is 1. The minimum Gasteiger partial charge on any atom is -0.480 e. The lowest BCUT2D eigenvalue weighted by molar-refractivity contribution is -0.384. The van der Waals surface area contributed by atoms with Crippen molar-refractivity contribution in [1.29, 1.82) is 0 Å². The number of carboxylic acids is 1. The molecule has 2 aliphatic rings. The number of hydrogen-bond acceptors (Lipinski definition) is 8. The molecule has 10 nitrogen and oxygen atoms in total. The van der Waals surface area contributed by atoms with E-state index in [1.54, 1.807) is 5.51 Å². The van der Waals surface area contributed by atoms with Gasteiger partial charge in [0, 0.05) is 42.4 Å². The van der Waals surface area contributed by atoms with E-state index in [9.17, 15) is 29.6 Å². The third kappa shape index (κ3) is 5.67. The lowest BCUT2D eigenvalue weighted by Gasteiger charge is -2.31. The number of fused-ring (bicyclic) bond motifs is 1. The topological polar surface area (TPSA) is 143 Å². The van der Waals surface area contributed by atoms with Crippen LogP contribution in [0, 0.1) is 28.9 Å². The molecule has 2 N–H and O–H groups in total. The maximum atomic E-state index is 14.0. The summed E-state index contributed by atoms with van der Waals surface area (Å²) in [7, 11) is 0. The highest BCUT2D eigenvalue weighted by Gasteiger charge is 2.68. The van der Waals surface area contributed by atoms with Crippen LogP contribution in [0.2, 0.25) is 0 Å². The zero-order chi connectivity index (χ0) is 31.7. The standard InChI is InChI=1S/C34H30N4O6S/c1-21-27(45-20-35-21)17-18-37-31(39)28-29(32(37)40)34(33(41)42,19-24-11-15-26(16-12-24)38(43)44)36-30(28)25-13-9-23(10-14-25)8-7-22-5-3-2-4-6-22/h2-16,20,28-30,36H,17-19H2,1H3,(H,41,42). The van der Waals surface area contributed by atoms with Gasteiger partial charge in [0.05, 0.1) is 28.0 Å². The van der Waals surface area contributed by atoms with Gasteiger partial charge in [0.2, 0.25) is 11.8 Å². The summed E-state index contributed by atoms with van der Waals surface area (Å²) in [6.45, 7) is 1.99. The average molecular weight is 623 g/mol. The van der Waals surface area contributed by atoms with Crippen molar-refractivity contribution >= 4 is 47.0 Å². The number of nitro benzene ring substituents is 1. The maximum absolute atomic E-state index is 14.0.